The van der Waals surface area contributed by atoms with E-state index in [0.717, 1.165) is 24.2 Å². The summed E-state index contributed by atoms with van der Waals surface area (Å²) < 4.78 is 11.8. The molecule has 0 unspecified atom stereocenters. The van der Waals surface area contributed by atoms with Gasteiger partial charge in [-0.3, -0.25) is 0 Å². The molecule has 3 atom stereocenters. The van der Waals surface area contributed by atoms with Gasteiger partial charge in [0.15, 0.2) is 8.32 Å². The molecule has 134 valence electrons. The van der Waals surface area contributed by atoms with Crippen molar-refractivity contribution in [1.29, 1.82) is 0 Å². The molecule has 24 heavy (non-hydrogen) atoms. The zero-order valence-corrected chi connectivity index (χ0v) is 17.2. The molecule has 1 aromatic carbocycles. The summed E-state index contributed by atoms with van der Waals surface area (Å²) in [6, 6.07) is 6.13. The van der Waals surface area contributed by atoms with Crippen molar-refractivity contribution in [2.45, 2.75) is 64.3 Å². The molecular weight excluding hydrogens is 316 g/mol. The predicted octanol–water partition coefficient (Wildman–Crippen LogP) is 4.49. The van der Waals surface area contributed by atoms with E-state index >= 15 is 0 Å². The molecule has 2 aliphatic carbocycles. The minimum atomic E-state index is -1.80. The Labute approximate surface area is 147 Å². The standard InChI is InChI=1S/C20H32O3Si/c1-18(2,3)24(6,7)23-13-17-19(4)11-10-14-8-9-15(22-5)12-16(14)20(17,19)21/h8-9,12,17,21H,10-11,13H2,1-7H3/t17-,19-,20-/m0/s1. The number of methoxy groups -OCH3 is 1. The Balaban J connectivity index is 1.85. The maximum atomic E-state index is 11.5. The Morgan fingerprint density at radius 3 is 2.54 bits per heavy atom. The molecule has 3 nitrogen and oxygen atoms in total. The number of benzene rings is 1. The fraction of sp³-hybridized carbons (Fsp3) is 0.700. The first-order valence-electron chi connectivity index (χ1n) is 9.01. The van der Waals surface area contributed by atoms with E-state index in [-0.39, 0.29) is 16.4 Å². The van der Waals surface area contributed by atoms with Gasteiger partial charge in [0.2, 0.25) is 0 Å². The fourth-order valence-electron chi connectivity index (χ4n) is 4.08. The van der Waals surface area contributed by atoms with Crippen molar-refractivity contribution >= 4 is 8.32 Å². The molecule has 1 N–H and O–H groups in total. The Morgan fingerprint density at radius 2 is 1.96 bits per heavy atom. The smallest absolute Gasteiger partial charge is 0.191 e. The third kappa shape index (κ3) is 2.38. The van der Waals surface area contributed by atoms with Gasteiger partial charge in [0.05, 0.1) is 7.11 Å². The Morgan fingerprint density at radius 1 is 1.29 bits per heavy atom. The lowest BCUT2D eigenvalue weighted by molar-refractivity contribution is 0.0792. The van der Waals surface area contributed by atoms with Crippen LogP contribution >= 0.6 is 0 Å². The van der Waals surface area contributed by atoms with E-state index in [1.165, 1.54) is 5.56 Å². The SMILES string of the molecule is COc1ccc2c(c1)[C@]1(O)[C@@H](CO[Si](C)(C)C(C)(C)C)[C@]1(C)CC2. The van der Waals surface area contributed by atoms with E-state index < -0.39 is 13.9 Å². The summed E-state index contributed by atoms with van der Waals surface area (Å²) in [5, 5.41) is 11.7. The Hall–Kier alpha value is -0.843. The number of hydrogen-bond donors (Lipinski definition) is 1. The van der Waals surface area contributed by atoms with Gasteiger partial charge in [0.1, 0.15) is 11.4 Å². The zero-order valence-electron chi connectivity index (χ0n) is 16.2. The molecule has 1 aromatic rings. The van der Waals surface area contributed by atoms with Crippen molar-refractivity contribution < 1.29 is 14.3 Å². The number of fused-ring (bicyclic) bond motifs is 3. The zero-order chi connectivity index (χ0) is 18.0. The second-order valence-electron chi connectivity index (χ2n) is 9.33. The molecule has 0 aromatic heterocycles. The monoisotopic (exact) mass is 348 g/mol. The number of ether oxygens (including phenoxy) is 1. The van der Waals surface area contributed by atoms with Crippen molar-refractivity contribution in [2.24, 2.45) is 11.3 Å². The average molecular weight is 349 g/mol. The summed E-state index contributed by atoms with van der Waals surface area (Å²) in [6.07, 6.45) is 2.04. The summed E-state index contributed by atoms with van der Waals surface area (Å²) in [5.41, 5.74) is 1.47. The topological polar surface area (TPSA) is 38.7 Å². The predicted molar refractivity (Wildman–Crippen MR) is 100.0 cm³/mol. The van der Waals surface area contributed by atoms with Crippen LogP contribution in [0.25, 0.3) is 0 Å². The summed E-state index contributed by atoms with van der Waals surface area (Å²) >= 11 is 0. The van der Waals surface area contributed by atoms with Crippen LogP contribution in [0, 0.1) is 11.3 Å². The second kappa shape index (κ2) is 5.32. The molecule has 2 aliphatic rings. The fourth-order valence-corrected chi connectivity index (χ4v) is 5.09. The van der Waals surface area contributed by atoms with Crippen LogP contribution in [-0.4, -0.2) is 27.1 Å². The third-order valence-electron chi connectivity index (χ3n) is 7.12. The maximum Gasteiger partial charge on any atom is 0.191 e. The molecule has 1 saturated carbocycles. The quantitative estimate of drug-likeness (QED) is 0.815. The summed E-state index contributed by atoms with van der Waals surface area (Å²) in [7, 11) is -0.124. The van der Waals surface area contributed by atoms with E-state index in [0.29, 0.717) is 6.61 Å². The van der Waals surface area contributed by atoms with Gasteiger partial charge in [-0.15, -0.1) is 0 Å². The van der Waals surface area contributed by atoms with Crippen LogP contribution in [-0.2, 0) is 16.4 Å². The van der Waals surface area contributed by atoms with Gasteiger partial charge in [-0.1, -0.05) is 33.8 Å². The average Bonchev–Trinajstić information content (AvgIpc) is 3.00. The highest BCUT2D eigenvalue weighted by atomic mass is 28.4. The third-order valence-corrected chi connectivity index (χ3v) is 11.6. The Kier molecular flexibility index (Phi) is 3.99. The molecule has 0 amide bonds. The minimum Gasteiger partial charge on any atom is -0.497 e. The van der Waals surface area contributed by atoms with Crippen molar-refractivity contribution in [1.82, 2.24) is 0 Å². The van der Waals surface area contributed by atoms with Crippen molar-refractivity contribution in [3.63, 3.8) is 0 Å². The molecule has 1 fully saturated rings. The lowest BCUT2D eigenvalue weighted by Gasteiger charge is -2.36. The largest absolute Gasteiger partial charge is 0.497 e. The van der Waals surface area contributed by atoms with Gasteiger partial charge in [-0.25, -0.2) is 0 Å². The maximum absolute atomic E-state index is 11.5. The van der Waals surface area contributed by atoms with Crippen LogP contribution in [0.2, 0.25) is 18.1 Å². The van der Waals surface area contributed by atoms with Crippen LogP contribution in [0.5, 0.6) is 5.75 Å². The molecular formula is C20H32O3Si. The van der Waals surface area contributed by atoms with Crippen LogP contribution in [0.3, 0.4) is 0 Å². The molecule has 0 heterocycles. The number of hydrogen-bond acceptors (Lipinski definition) is 3. The van der Waals surface area contributed by atoms with Crippen molar-refractivity contribution in [3.05, 3.63) is 29.3 Å². The van der Waals surface area contributed by atoms with Crippen LogP contribution in [0.15, 0.2) is 18.2 Å². The first-order chi connectivity index (χ1) is 11.0. The highest BCUT2D eigenvalue weighted by molar-refractivity contribution is 6.74. The van der Waals surface area contributed by atoms with Crippen molar-refractivity contribution in [3.8, 4) is 5.75 Å². The Bertz CT molecular complexity index is 649. The summed E-state index contributed by atoms with van der Waals surface area (Å²) in [5.74, 6) is 0.995. The minimum absolute atomic E-state index is 0.0747. The molecule has 0 aliphatic heterocycles. The normalized spacial score (nSPS) is 32.1. The van der Waals surface area contributed by atoms with Gasteiger partial charge in [0, 0.05) is 17.9 Å². The molecule has 3 rings (SSSR count). The summed E-state index contributed by atoms with van der Waals surface area (Å²) in [6.45, 7) is 14.2. The highest BCUT2D eigenvalue weighted by Gasteiger charge is 2.75. The number of aryl methyl sites for hydroxylation is 1. The number of rotatable bonds is 4. The molecule has 0 bridgehead atoms. The van der Waals surface area contributed by atoms with Gasteiger partial charge >= 0.3 is 0 Å². The lowest BCUT2D eigenvalue weighted by Crippen LogP contribution is -2.41. The number of aliphatic hydroxyl groups is 1. The van der Waals surface area contributed by atoms with E-state index in [9.17, 15) is 5.11 Å². The highest BCUT2D eigenvalue weighted by Crippen LogP contribution is 2.72. The van der Waals surface area contributed by atoms with Gasteiger partial charge in [-0.2, -0.15) is 0 Å². The molecule has 0 radical (unpaired) electrons. The van der Waals surface area contributed by atoms with Gasteiger partial charge in [-0.05, 0) is 54.2 Å². The van der Waals surface area contributed by atoms with Gasteiger partial charge < -0.3 is 14.3 Å². The van der Waals surface area contributed by atoms with Crippen LogP contribution in [0.1, 0.15) is 45.2 Å². The van der Waals surface area contributed by atoms with Crippen LogP contribution in [0.4, 0.5) is 0 Å². The molecule has 4 heteroatoms. The lowest BCUT2D eigenvalue weighted by atomic mass is 9.82. The second-order valence-corrected chi connectivity index (χ2v) is 14.1. The van der Waals surface area contributed by atoms with E-state index in [4.69, 9.17) is 9.16 Å². The summed E-state index contributed by atoms with van der Waals surface area (Å²) in [4.78, 5) is 0. The van der Waals surface area contributed by atoms with Gasteiger partial charge in [0.25, 0.3) is 0 Å². The molecule has 0 saturated heterocycles. The van der Waals surface area contributed by atoms with Crippen molar-refractivity contribution in [2.75, 3.05) is 13.7 Å². The first kappa shape index (κ1) is 18.0. The van der Waals surface area contributed by atoms with Crippen LogP contribution < -0.4 is 4.74 Å². The molecule has 0 spiro atoms. The van der Waals surface area contributed by atoms with E-state index in [2.05, 4.69) is 46.9 Å². The first-order valence-corrected chi connectivity index (χ1v) is 11.9. The van der Waals surface area contributed by atoms with E-state index in [1.54, 1.807) is 7.11 Å². The van der Waals surface area contributed by atoms with E-state index in [1.807, 2.05) is 12.1 Å².